The van der Waals surface area contributed by atoms with Crippen LogP contribution in [0.5, 0.6) is 0 Å². The number of aryl methyl sites for hydroxylation is 3. The van der Waals surface area contributed by atoms with Crippen LogP contribution in [0.4, 0.5) is 5.69 Å². The van der Waals surface area contributed by atoms with E-state index in [1.165, 1.54) is 32.1 Å². The molecule has 0 amide bonds. The zero-order valence-electron chi connectivity index (χ0n) is 10.9. The first kappa shape index (κ1) is 12.2. The Bertz CT molecular complexity index is 526. The fourth-order valence-electron chi connectivity index (χ4n) is 1.99. The largest absolute Gasteiger partial charge is 0.381 e. The van der Waals surface area contributed by atoms with Crippen molar-refractivity contribution in [2.45, 2.75) is 34.2 Å². The predicted octanol–water partition coefficient (Wildman–Crippen LogP) is 4.59. The molecule has 17 heavy (non-hydrogen) atoms. The second-order valence-electron chi connectivity index (χ2n) is 4.54. The highest BCUT2D eigenvalue weighted by Crippen LogP contribution is 2.23. The number of hydrogen-bond acceptors (Lipinski definition) is 2. The number of nitrogens with one attached hydrogen (secondary N) is 1. The third-order valence-electron chi connectivity index (χ3n) is 3.22. The van der Waals surface area contributed by atoms with Crippen molar-refractivity contribution < 1.29 is 0 Å². The maximum absolute atomic E-state index is 3.53. The van der Waals surface area contributed by atoms with Crippen LogP contribution in [0.3, 0.4) is 0 Å². The molecule has 0 saturated heterocycles. The van der Waals surface area contributed by atoms with Crippen LogP contribution in [0.2, 0.25) is 0 Å². The molecule has 1 N–H and O–H groups in total. The van der Waals surface area contributed by atoms with Crippen LogP contribution in [-0.4, -0.2) is 0 Å². The maximum Gasteiger partial charge on any atom is 0.0411 e. The van der Waals surface area contributed by atoms with Gasteiger partial charge in [-0.25, -0.2) is 0 Å². The van der Waals surface area contributed by atoms with E-state index in [4.69, 9.17) is 0 Å². The summed E-state index contributed by atoms with van der Waals surface area (Å²) in [5.41, 5.74) is 5.34. The number of thiophene rings is 1. The molecule has 90 valence electrons. The van der Waals surface area contributed by atoms with E-state index in [0.717, 1.165) is 6.54 Å². The molecule has 0 aliphatic rings. The van der Waals surface area contributed by atoms with E-state index in [-0.39, 0.29) is 0 Å². The van der Waals surface area contributed by atoms with Gasteiger partial charge in [0.1, 0.15) is 0 Å². The van der Waals surface area contributed by atoms with Gasteiger partial charge >= 0.3 is 0 Å². The lowest BCUT2D eigenvalue weighted by Crippen LogP contribution is -2.01. The fraction of sp³-hybridized carbons (Fsp3) is 0.333. The van der Waals surface area contributed by atoms with Gasteiger partial charge in [0.25, 0.3) is 0 Å². The Balaban J connectivity index is 2.12. The minimum atomic E-state index is 0.917. The van der Waals surface area contributed by atoms with Crippen molar-refractivity contribution in [1.29, 1.82) is 0 Å². The number of benzene rings is 1. The SMILES string of the molecule is Cc1cc(CNc2cccc(C)c2C)c(C)s1. The van der Waals surface area contributed by atoms with Gasteiger partial charge in [0, 0.05) is 22.0 Å². The van der Waals surface area contributed by atoms with Crippen LogP contribution >= 0.6 is 11.3 Å². The van der Waals surface area contributed by atoms with Crippen LogP contribution in [0.25, 0.3) is 0 Å². The third kappa shape index (κ3) is 2.70. The maximum atomic E-state index is 3.53. The summed E-state index contributed by atoms with van der Waals surface area (Å²) in [4.78, 5) is 2.81. The van der Waals surface area contributed by atoms with Crippen LogP contribution in [-0.2, 0) is 6.54 Å². The Kier molecular flexibility index (Phi) is 3.53. The van der Waals surface area contributed by atoms with Gasteiger partial charge in [0.2, 0.25) is 0 Å². The summed E-state index contributed by atoms with van der Waals surface area (Å²) in [6, 6.07) is 8.69. The molecule has 2 aromatic rings. The lowest BCUT2D eigenvalue weighted by molar-refractivity contribution is 1.13. The lowest BCUT2D eigenvalue weighted by Gasteiger charge is -2.11. The van der Waals surface area contributed by atoms with Crippen LogP contribution < -0.4 is 5.32 Å². The molecule has 0 radical (unpaired) electrons. The Morgan fingerprint density at radius 3 is 2.53 bits per heavy atom. The highest BCUT2D eigenvalue weighted by atomic mass is 32.1. The molecule has 0 aliphatic carbocycles. The van der Waals surface area contributed by atoms with Gasteiger partial charge in [-0.1, -0.05) is 12.1 Å². The summed E-state index contributed by atoms with van der Waals surface area (Å²) in [6.07, 6.45) is 0. The van der Waals surface area contributed by atoms with Crippen LogP contribution in [0, 0.1) is 27.7 Å². The topological polar surface area (TPSA) is 12.0 Å². The molecule has 0 spiro atoms. The van der Waals surface area contributed by atoms with E-state index >= 15 is 0 Å². The van der Waals surface area contributed by atoms with Gasteiger partial charge < -0.3 is 5.32 Å². The Labute approximate surface area is 108 Å². The van der Waals surface area contributed by atoms with E-state index in [1.807, 2.05) is 11.3 Å². The highest BCUT2D eigenvalue weighted by molar-refractivity contribution is 7.12. The first-order chi connectivity index (χ1) is 8.08. The molecule has 1 aromatic heterocycles. The summed E-state index contributed by atoms with van der Waals surface area (Å²) in [6.45, 7) is 9.60. The quantitative estimate of drug-likeness (QED) is 0.833. The fourth-order valence-corrected chi connectivity index (χ4v) is 2.94. The second-order valence-corrected chi connectivity index (χ2v) is 6.00. The average Bonchev–Trinajstić information content (AvgIpc) is 2.60. The molecule has 1 aromatic carbocycles. The molecule has 0 saturated carbocycles. The smallest absolute Gasteiger partial charge is 0.0411 e. The van der Waals surface area contributed by atoms with Gasteiger partial charge in [0.15, 0.2) is 0 Å². The van der Waals surface area contributed by atoms with Crippen LogP contribution in [0.15, 0.2) is 24.3 Å². The monoisotopic (exact) mass is 245 g/mol. The third-order valence-corrected chi connectivity index (χ3v) is 4.23. The molecule has 0 fully saturated rings. The number of hydrogen-bond donors (Lipinski definition) is 1. The molecule has 0 unspecified atom stereocenters. The van der Waals surface area contributed by atoms with Crippen molar-refractivity contribution in [1.82, 2.24) is 0 Å². The Morgan fingerprint density at radius 1 is 1.12 bits per heavy atom. The van der Waals surface area contributed by atoms with Crippen LogP contribution in [0.1, 0.15) is 26.4 Å². The molecule has 1 heterocycles. The number of rotatable bonds is 3. The van der Waals surface area contributed by atoms with Crippen molar-refractivity contribution in [2.75, 3.05) is 5.32 Å². The zero-order chi connectivity index (χ0) is 12.4. The normalized spacial score (nSPS) is 10.6. The highest BCUT2D eigenvalue weighted by Gasteiger charge is 2.04. The summed E-state index contributed by atoms with van der Waals surface area (Å²) < 4.78 is 0. The van der Waals surface area contributed by atoms with Crippen molar-refractivity contribution >= 4 is 17.0 Å². The molecular formula is C15H19NS. The molecule has 0 aliphatic heterocycles. The minimum Gasteiger partial charge on any atom is -0.381 e. The number of anilines is 1. The van der Waals surface area contributed by atoms with Gasteiger partial charge in [-0.2, -0.15) is 0 Å². The van der Waals surface area contributed by atoms with Gasteiger partial charge in [-0.05, 0) is 56.5 Å². The van der Waals surface area contributed by atoms with E-state index in [2.05, 4.69) is 57.3 Å². The molecule has 1 nitrogen and oxygen atoms in total. The van der Waals surface area contributed by atoms with E-state index < -0.39 is 0 Å². The molecule has 0 atom stereocenters. The molecule has 2 rings (SSSR count). The van der Waals surface area contributed by atoms with Gasteiger partial charge in [0.05, 0.1) is 0 Å². The standard InChI is InChI=1S/C15H19NS/c1-10-6-5-7-15(12(10)3)16-9-14-8-11(2)17-13(14)4/h5-8,16H,9H2,1-4H3. The predicted molar refractivity (Wildman–Crippen MR) is 77.0 cm³/mol. The Morgan fingerprint density at radius 2 is 1.88 bits per heavy atom. The zero-order valence-corrected chi connectivity index (χ0v) is 11.7. The summed E-state index contributed by atoms with van der Waals surface area (Å²) in [7, 11) is 0. The van der Waals surface area contributed by atoms with Crippen molar-refractivity contribution in [3.63, 3.8) is 0 Å². The van der Waals surface area contributed by atoms with Crippen molar-refractivity contribution in [3.8, 4) is 0 Å². The molecule has 0 bridgehead atoms. The van der Waals surface area contributed by atoms with Crippen molar-refractivity contribution in [2.24, 2.45) is 0 Å². The first-order valence-corrected chi connectivity index (χ1v) is 6.75. The lowest BCUT2D eigenvalue weighted by atomic mass is 10.1. The van der Waals surface area contributed by atoms with Gasteiger partial charge in [-0.15, -0.1) is 11.3 Å². The summed E-state index contributed by atoms with van der Waals surface area (Å²) >= 11 is 1.87. The van der Waals surface area contributed by atoms with Crippen molar-refractivity contribution in [3.05, 3.63) is 50.7 Å². The molecule has 2 heteroatoms. The Hall–Kier alpha value is -1.28. The second kappa shape index (κ2) is 4.92. The van der Waals surface area contributed by atoms with E-state index in [0.29, 0.717) is 0 Å². The molecular weight excluding hydrogens is 226 g/mol. The average molecular weight is 245 g/mol. The minimum absolute atomic E-state index is 0.917. The summed E-state index contributed by atoms with van der Waals surface area (Å²) in [5.74, 6) is 0. The summed E-state index contributed by atoms with van der Waals surface area (Å²) in [5, 5.41) is 3.53. The first-order valence-electron chi connectivity index (χ1n) is 5.94. The van der Waals surface area contributed by atoms with E-state index in [1.54, 1.807) is 0 Å². The van der Waals surface area contributed by atoms with Gasteiger partial charge in [-0.3, -0.25) is 0 Å². The van der Waals surface area contributed by atoms with E-state index in [9.17, 15) is 0 Å².